The fourth-order valence-electron chi connectivity index (χ4n) is 4.58. The molecule has 0 radical (unpaired) electrons. The monoisotopic (exact) mass is 565 g/mol. The van der Waals surface area contributed by atoms with E-state index in [4.69, 9.17) is 21.1 Å². The summed E-state index contributed by atoms with van der Waals surface area (Å²) in [6.45, 7) is 1.24. The number of ether oxygens (including phenoxy) is 2. The molecule has 2 amide bonds. The van der Waals surface area contributed by atoms with Crippen LogP contribution in [0.5, 0.6) is 11.5 Å². The van der Waals surface area contributed by atoms with Gasteiger partial charge in [-0.05, 0) is 49.6 Å². The molecule has 2 aromatic carbocycles. The van der Waals surface area contributed by atoms with E-state index in [9.17, 15) is 18.0 Å². The van der Waals surface area contributed by atoms with Crippen LogP contribution < -0.4 is 19.1 Å². The highest BCUT2D eigenvalue weighted by molar-refractivity contribution is 7.92. The third-order valence-electron chi connectivity index (χ3n) is 6.70. The van der Waals surface area contributed by atoms with Crippen LogP contribution in [0.25, 0.3) is 0 Å². The molecule has 0 bridgehead atoms. The molecule has 0 spiro atoms. The van der Waals surface area contributed by atoms with Crippen LogP contribution in [0.15, 0.2) is 42.5 Å². The topological polar surface area (TPSA) is 105 Å². The maximum atomic E-state index is 13.7. The largest absolute Gasteiger partial charge is 0.493 e. The summed E-state index contributed by atoms with van der Waals surface area (Å²) in [6, 6.07) is 10.8. The number of hydrogen-bond donors (Lipinski definition) is 1. The number of amides is 2. The first-order valence-corrected chi connectivity index (χ1v) is 14.8. The zero-order valence-electron chi connectivity index (χ0n) is 22.3. The van der Waals surface area contributed by atoms with Gasteiger partial charge in [-0.2, -0.15) is 0 Å². The molecule has 1 fully saturated rings. The van der Waals surface area contributed by atoms with Crippen LogP contribution in [-0.2, 0) is 26.2 Å². The van der Waals surface area contributed by atoms with Crippen LogP contribution in [0, 0.1) is 0 Å². The van der Waals surface area contributed by atoms with E-state index in [2.05, 4.69) is 5.32 Å². The van der Waals surface area contributed by atoms with Gasteiger partial charge in [-0.3, -0.25) is 13.9 Å². The second kappa shape index (κ2) is 13.2. The van der Waals surface area contributed by atoms with Crippen molar-refractivity contribution >= 4 is 39.1 Å². The third-order valence-corrected chi connectivity index (χ3v) is 8.07. The first kappa shape index (κ1) is 29.6. The van der Waals surface area contributed by atoms with Gasteiger partial charge in [0.25, 0.3) is 0 Å². The first-order chi connectivity index (χ1) is 18.0. The lowest BCUT2D eigenvalue weighted by molar-refractivity contribution is -0.139. The average molecular weight is 566 g/mol. The van der Waals surface area contributed by atoms with Gasteiger partial charge in [0.1, 0.15) is 12.6 Å². The summed E-state index contributed by atoms with van der Waals surface area (Å²) < 4.78 is 37.2. The van der Waals surface area contributed by atoms with Gasteiger partial charge < -0.3 is 19.7 Å². The number of anilines is 1. The number of carbonyl (C=O) groups excluding carboxylic acids is 2. The fraction of sp³-hybridized carbons (Fsp3) is 0.481. The Labute approximate surface area is 230 Å². The highest BCUT2D eigenvalue weighted by Crippen LogP contribution is 2.32. The highest BCUT2D eigenvalue weighted by atomic mass is 35.5. The second-order valence-corrected chi connectivity index (χ2v) is 11.8. The molecule has 3 rings (SSSR count). The van der Waals surface area contributed by atoms with Crippen LogP contribution in [0.4, 0.5) is 5.69 Å². The molecular formula is C27H36ClN3O6S. The molecule has 1 aliphatic carbocycles. The summed E-state index contributed by atoms with van der Waals surface area (Å²) in [4.78, 5) is 28.3. The molecule has 1 atom stereocenters. The molecule has 0 aliphatic heterocycles. The molecule has 38 heavy (non-hydrogen) atoms. The normalized spacial score (nSPS) is 14.9. The van der Waals surface area contributed by atoms with Crippen molar-refractivity contribution in [2.24, 2.45) is 0 Å². The molecule has 1 saturated carbocycles. The van der Waals surface area contributed by atoms with E-state index >= 15 is 0 Å². The number of rotatable bonds is 11. The maximum absolute atomic E-state index is 13.7. The van der Waals surface area contributed by atoms with Crippen molar-refractivity contribution in [2.45, 2.75) is 57.7 Å². The Morgan fingerprint density at radius 1 is 1.05 bits per heavy atom. The number of carbonyl (C=O) groups is 2. The Morgan fingerprint density at radius 2 is 1.74 bits per heavy atom. The lowest BCUT2D eigenvalue weighted by atomic mass is 9.95. The van der Waals surface area contributed by atoms with Gasteiger partial charge in [0.2, 0.25) is 21.8 Å². The summed E-state index contributed by atoms with van der Waals surface area (Å²) in [6.07, 6.45) is 6.10. The minimum absolute atomic E-state index is 0.0705. The van der Waals surface area contributed by atoms with E-state index in [0.717, 1.165) is 48.2 Å². The van der Waals surface area contributed by atoms with Crippen molar-refractivity contribution in [1.82, 2.24) is 10.2 Å². The van der Waals surface area contributed by atoms with Crippen molar-refractivity contribution in [1.29, 1.82) is 0 Å². The number of halogens is 1. The lowest BCUT2D eigenvalue weighted by Gasteiger charge is -2.33. The molecule has 1 unspecified atom stereocenters. The standard InChI is InChI=1S/C27H36ClN3O6S/c1-19(27(33)29-22-11-6-5-7-12-22)30(17-20-9-8-10-21(28)15-20)26(32)18-31(38(4,34)35)23-13-14-24(36-2)25(16-23)37-3/h8-10,13-16,19,22H,5-7,11-12,17-18H2,1-4H3,(H,29,33). The number of methoxy groups -OCH3 is 2. The van der Waals surface area contributed by atoms with Crippen LogP contribution in [-0.4, -0.2) is 64.2 Å². The minimum Gasteiger partial charge on any atom is -0.493 e. The van der Waals surface area contributed by atoms with Crippen LogP contribution in [0.1, 0.15) is 44.6 Å². The van der Waals surface area contributed by atoms with Crippen LogP contribution in [0.3, 0.4) is 0 Å². The van der Waals surface area contributed by atoms with Gasteiger partial charge in [0.05, 0.1) is 26.2 Å². The average Bonchev–Trinajstić information content (AvgIpc) is 2.89. The van der Waals surface area contributed by atoms with Crippen molar-refractivity contribution in [3.63, 3.8) is 0 Å². The molecule has 0 heterocycles. The summed E-state index contributed by atoms with van der Waals surface area (Å²) in [5, 5.41) is 3.57. The van der Waals surface area contributed by atoms with E-state index in [1.807, 2.05) is 0 Å². The van der Waals surface area contributed by atoms with E-state index in [-0.39, 0.29) is 24.2 Å². The molecule has 1 aliphatic rings. The highest BCUT2D eigenvalue weighted by Gasteiger charge is 2.31. The number of nitrogens with one attached hydrogen (secondary N) is 1. The lowest BCUT2D eigenvalue weighted by Crippen LogP contribution is -2.52. The zero-order chi connectivity index (χ0) is 27.9. The van der Waals surface area contributed by atoms with Crippen LogP contribution in [0.2, 0.25) is 5.02 Å². The SMILES string of the molecule is COc1ccc(N(CC(=O)N(Cc2cccc(Cl)c2)C(C)C(=O)NC2CCCCC2)S(C)(=O)=O)cc1OC. The molecule has 0 saturated heterocycles. The number of hydrogen-bond acceptors (Lipinski definition) is 6. The Morgan fingerprint density at radius 3 is 2.34 bits per heavy atom. The predicted molar refractivity (Wildman–Crippen MR) is 148 cm³/mol. The molecule has 1 N–H and O–H groups in total. The van der Waals surface area contributed by atoms with Crippen molar-refractivity contribution in [2.75, 3.05) is 31.3 Å². The Kier molecular flexibility index (Phi) is 10.3. The minimum atomic E-state index is -3.87. The number of sulfonamides is 1. The van der Waals surface area contributed by atoms with E-state index in [1.165, 1.54) is 31.3 Å². The summed E-state index contributed by atoms with van der Waals surface area (Å²) in [7, 11) is -0.955. The van der Waals surface area contributed by atoms with E-state index < -0.39 is 28.5 Å². The summed E-state index contributed by atoms with van der Waals surface area (Å²) >= 11 is 6.16. The van der Waals surface area contributed by atoms with Crippen molar-refractivity contribution in [3.8, 4) is 11.5 Å². The van der Waals surface area contributed by atoms with Gasteiger partial charge in [-0.1, -0.05) is 43.0 Å². The first-order valence-electron chi connectivity index (χ1n) is 12.6. The van der Waals surface area contributed by atoms with Gasteiger partial charge >= 0.3 is 0 Å². The third kappa shape index (κ3) is 7.77. The van der Waals surface area contributed by atoms with E-state index in [1.54, 1.807) is 37.3 Å². The van der Waals surface area contributed by atoms with Gasteiger partial charge in [-0.25, -0.2) is 8.42 Å². The Hall–Kier alpha value is -2.98. The van der Waals surface area contributed by atoms with Gasteiger partial charge in [0, 0.05) is 23.7 Å². The summed E-state index contributed by atoms with van der Waals surface area (Å²) in [5.41, 5.74) is 0.959. The molecule has 0 aromatic heterocycles. The molecule has 9 nitrogen and oxygen atoms in total. The molecular weight excluding hydrogens is 530 g/mol. The fourth-order valence-corrected chi connectivity index (χ4v) is 5.63. The molecule has 208 valence electrons. The van der Waals surface area contributed by atoms with Crippen molar-refractivity contribution < 1.29 is 27.5 Å². The van der Waals surface area contributed by atoms with Crippen molar-refractivity contribution in [3.05, 3.63) is 53.1 Å². The second-order valence-electron chi connectivity index (χ2n) is 9.48. The Bertz CT molecular complexity index is 1230. The Balaban J connectivity index is 1.90. The number of nitrogens with zero attached hydrogens (tertiary/aromatic N) is 2. The molecule has 2 aromatic rings. The maximum Gasteiger partial charge on any atom is 0.244 e. The zero-order valence-corrected chi connectivity index (χ0v) is 23.8. The summed E-state index contributed by atoms with van der Waals surface area (Å²) in [5.74, 6) is -0.0606. The quantitative estimate of drug-likeness (QED) is 0.442. The number of benzene rings is 2. The van der Waals surface area contributed by atoms with Gasteiger partial charge in [-0.15, -0.1) is 0 Å². The van der Waals surface area contributed by atoms with E-state index in [0.29, 0.717) is 16.5 Å². The predicted octanol–water partition coefficient (Wildman–Crippen LogP) is 3.99. The smallest absolute Gasteiger partial charge is 0.244 e. The van der Waals surface area contributed by atoms with Gasteiger partial charge in [0.15, 0.2) is 11.5 Å². The molecule has 11 heteroatoms. The van der Waals surface area contributed by atoms with Crippen LogP contribution >= 0.6 is 11.6 Å².